The van der Waals surface area contributed by atoms with E-state index in [4.69, 9.17) is 11.2 Å². The van der Waals surface area contributed by atoms with Crippen LogP contribution in [0, 0.1) is 36.0 Å². The molecule has 2 aliphatic carbocycles. The van der Waals surface area contributed by atoms with Gasteiger partial charge in [-0.1, -0.05) is 18.1 Å². The Bertz CT molecular complexity index is 390. The lowest BCUT2D eigenvalue weighted by Crippen LogP contribution is -2.41. The number of carbonyl (C=O) groups excluding carboxylic acids is 2. The molecule has 0 radical (unpaired) electrons. The molecule has 1 fully saturated rings. The lowest BCUT2D eigenvalue weighted by atomic mass is 9.83. The van der Waals surface area contributed by atoms with Gasteiger partial charge in [0.2, 0.25) is 0 Å². The van der Waals surface area contributed by atoms with Crippen LogP contribution in [0.4, 0.5) is 0 Å². The van der Waals surface area contributed by atoms with Crippen LogP contribution in [0.15, 0.2) is 12.2 Å². The first-order chi connectivity index (χ1) is 7.65. The van der Waals surface area contributed by atoms with Gasteiger partial charge in [0.15, 0.2) is 6.61 Å². The molecule has 2 bridgehead atoms. The number of hydrogen-bond acceptors (Lipinski definition) is 4. The Morgan fingerprint density at radius 3 is 2.56 bits per heavy atom. The van der Waals surface area contributed by atoms with E-state index in [1.54, 1.807) is 0 Å². The topological polar surface area (TPSA) is 66.4 Å². The van der Waals surface area contributed by atoms with E-state index in [1.165, 1.54) is 0 Å². The number of fused-ring (bicyclic) bond motifs is 2. The second kappa shape index (κ2) is 4.01. The minimum Gasteiger partial charge on any atom is -0.550 e. The van der Waals surface area contributed by atoms with E-state index in [0.717, 1.165) is 0 Å². The van der Waals surface area contributed by atoms with Crippen molar-refractivity contribution in [3.05, 3.63) is 12.2 Å². The van der Waals surface area contributed by atoms with E-state index < -0.39 is 23.8 Å². The molecule has 4 atom stereocenters. The summed E-state index contributed by atoms with van der Waals surface area (Å²) in [5, 5.41) is 11.0. The summed E-state index contributed by atoms with van der Waals surface area (Å²) in [4.78, 5) is 22.7. The predicted molar refractivity (Wildman–Crippen MR) is 52.5 cm³/mol. The summed E-state index contributed by atoms with van der Waals surface area (Å²) in [5.41, 5.74) is 0. The molecule has 4 nitrogen and oxygen atoms in total. The molecule has 2 aliphatic rings. The van der Waals surface area contributed by atoms with Crippen LogP contribution in [0.1, 0.15) is 6.42 Å². The second-order valence-electron chi connectivity index (χ2n) is 4.13. The molecule has 1 saturated carbocycles. The van der Waals surface area contributed by atoms with Crippen LogP contribution >= 0.6 is 0 Å². The number of aliphatic carboxylic acids is 1. The van der Waals surface area contributed by atoms with Crippen LogP contribution in [-0.2, 0) is 14.3 Å². The van der Waals surface area contributed by atoms with Crippen molar-refractivity contribution < 1.29 is 19.4 Å². The van der Waals surface area contributed by atoms with E-state index in [0.29, 0.717) is 6.42 Å². The first kappa shape index (κ1) is 10.7. The van der Waals surface area contributed by atoms with Gasteiger partial charge in [-0.3, -0.25) is 4.79 Å². The molecular weight excluding hydrogens is 208 g/mol. The quantitative estimate of drug-likeness (QED) is 0.359. The van der Waals surface area contributed by atoms with Crippen LogP contribution in [0.3, 0.4) is 0 Å². The van der Waals surface area contributed by atoms with E-state index in [-0.39, 0.29) is 18.4 Å². The van der Waals surface area contributed by atoms with Crippen LogP contribution in [0.25, 0.3) is 0 Å². The van der Waals surface area contributed by atoms with Crippen LogP contribution in [0.5, 0.6) is 0 Å². The normalized spacial score (nSPS) is 34.7. The summed E-state index contributed by atoms with van der Waals surface area (Å²) >= 11 is 0. The first-order valence-electron chi connectivity index (χ1n) is 5.14. The Kier molecular flexibility index (Phi) is 2.69. The minimum atomic E-state index is -1.18. The number of carbonyl (C=O) groups is 2. The minimum absolute atomic E-state index is 0.0434. The highest BCUT2D eigenvalue weighted by molar-refractivity contribution is 5.82. The molecule has 4 heteroatoms. The molecular formula is C12H11O4-. The second-order valence-corrected chi connectivity index (χ2v) is 4.13. The maximum absolute atomic E-state index is 11.7. The van der Waals surface area contributed by atoms with E-state index >= 15 is 0 Å². The van der Waals surface area contributed by atoms with Crippen LogP contribution < -0.4 is 5.11 Å². The Balaban J connectivity index is 2.14. The molecule has 0 aromatic carbocycles. The molecule has 0 heterocycles. The average molecular weight is 219 g/mol. The maximum Gasteiger partial charge on any atom is 0.311 e. The molecule has 0 spiro atoms. The third-order valence-corrected chi connectivity index (χ3v) is 3.30. The number of esters is 1. The lowest BCUT2D eigenvalue weighted by molar-refractivity contribution is -0.314. The number of allylic oxidation sites excluding steroid dienone is 2. The van der Waals surface area contributed by atoms with E-state index in [9.17, 15) is 14.7 Å². The summed E-state index contributed by atoms with van der Waals surface area (Å²) in [7, 11) is 0. The number of carboxylic acid groups (broad SMARTS) is 1. The molecule has 0 unspecified atom stereocenters. The van der Waals surface area contributed by atoms with Crippen LogP contribution in [-0.4, -0.2) is 18.5 Å². The lowest BCUT2D eigenvalue weighted by Gasteiger charge is -2.26. The van der Waals surface area contributed by atoms with Gasteiger partial charge in [0.05, 0.1) is 5.92 Å². The molecule has 0 N–H and O–H groups in total. The zero-order chi connectivity index (χ0) is 11.7. The molecule has 2 rings (SSSR count). The first-order valence-corrected chi connectivity index (χ1v) is 5.14. The third kappa shape index (κ3) is 1.58. The SMILES string of the molecule is C#CCOC(=O)[C@@H]1[C@H](C(=O)[O-])[C@H]2C=C[C@H]1C2. The van der Waals surface area contributed by atoms with Gasteiger partial charge in [0.25, 0.3) is 0 Å². The van der Waals surface area contributed by atoms with Gasteiger partial charge >= 0.3 is 5.97 Å². The zero-order valence-corrected chi connectivity index (χ0v) is 8.59. The maximum atomic E-state index is 11.7. The Hall–Kier alpha value is -1.76. The van der Waals surface area contributed by atoms with Crippen molar-refractivity contribution in [2.24, 2.45) is 23.7 Å². The van der Waals surface area contributed by atoms with Gasteiger partial charge in [-0.05, 0) is 18.3 Å². The highest BCUT2D eigenvalue weighted by Crippen LogP contribution is 2.48. The summed E-state index contributed by atoms with van der Waals surface area (Å²) in [6.45, 7) is -0.115. The van der Waals surface area contributed by atoms with Crippen molar-refractivity contribution in [3.63, 3.8) is 0 Å². The molecule has 0 amide bonds. The number of carboxylic acids is 1. The van der Waals surface area contributed by atoms with Gasteiger partial charge < -0.3 is 14.6 Å². The number of hydrogen-bond donors (Lipinski definition) is 0. The van der Waals surface area contributed by atoms with Crippen molar-refractivity contribution in [2.45, 2.75) is 6.42 Å². The van der Waals surface area contributed by atoms with Gasteiger partial charge in [-0.15, -0.1) is 6.42 Å². The number of ether oxygens (including phenoxy) is 1. The number of rotatable bonds is 3. The fourth-order valence-electron chi connectivity index (χ4n) is 2.67. The Labute approximate surface area is 93.3 Å². The molecule has 0 aromatic rings. The van der Waals surface area contributed by atoms with Gasteiger partial charge in [-0.25, -0.2) is 0 Å². The van der Waals surface area contributed by atoms with Crippen molar-refractivity contribution in [3.8, 4) is 12.3 Å². The van der Waals surface area contributed by atoms with Crippen LogP contribution in [0.2, 0.25) is 0 Å². The van der Waals surface area contributed by atoms with Gasteiger partial charge in [-0.2, -0.15) is 0 Å². The monoisotopic (exact) mass is 219 g/mol. The standard InChI is InChI=1S/C12H12O4/c1-2-5-16-12(15)10-8-4-3-7(6-8)9(10)11(13)14/h1,3-4,7-10H,5-6H2,(H,13,14)/p-1/t7-,8-,9+,10-/m0/s1. The Morgan fingerprint density at radius 2 is 2.00 bits per heavy atom. The highest BCUT2D eigenvalue weighted by Gasteiger charge is 2.49. The van der Waals surface area contributed by atoms with Gasteiger partial charge in [0, 0.05) is 11.9 Å². The van der Waals surface area contributed by atoms with Crippen molar-refractivity contribution in [2.75, 3.05) is 6.61 Å². The average Bonchev–Trinajstić information content (AvgIpc) is 2.84. The largest absolute Gasteiger partial charge is 0.550 e. The fraction of sp³-hybridized carbons (Fsp3) is 0.500. The highest BCUT2D eigenvalue weighted by atomic mass is 16.5. The molecule has 16 heavy (non-hydrogen) atoms. The third-order valence-electron chi connectivity index (χ3n) is 3.30. The van der Waals surface area contributed by atoms with E-state index in [2.05, 4.69) is 5.92 Å². The summed E-state index contributed by atoms with van der Waals surface area (Å²) in [6, 6.07) is 0. The predicted octanol–water partition coefficient (Wildman–Crippen LogP) is -0.649. The van der Waals surface area contributed by atoms with Gasteiger partial charge in [0.1, 0.15) is 0 Å². The summed E-state index contributed by atoms with van der Waals surface area (Å²) < 4.78 is 4.81. The summed E-state index contributed by atoms with van der Waals surface area (Å²) in [5.74, 6) is -1.06. The zero-order valence-electron chi connectivity index (χ0n) is 8.59. The van der Waals surface area contributed by atoms with Crippen molar-refractivity contribution >= 4 is 11.9 Å². The number of terminal acetylenes is 1. The molecule has 0 saturated heterocycles. The fourth-order valence-corrected chi connectivity index (χ4v) is 2.67. The molecule has 0 aliphatic heterocycles. The summed E-state index contributed by atoms with van der Waals surface area (Å²) in [6.07, 6.45) is 9.39. The van der Waals surface area contributed by atoms with Crippen molar-refractivity contribution in [1.82, 2.24) is 0 Å². The molecule has 84 valence electrons. The Morgan fingerprint density at radius 1 is 1.38 bits per heavy atom. The van der Waals surface area contributed by atoms with E-state index in [1.807, 2.05) is 12.2 Å². The smallest absolute Gasteiger partial charge is 0.311 e. The van der Waals surface area contributed by atoms with Crippen molar-refractivity contribution in [1.29, 1.82) is 0 Å². The molecule has 0 aromatic heterocycles.